The highest BCUT2D eigenvalue weighted by molar-refractivity contribution is 5.92. The van der Waals surface area contributed by atoms with E-state index < -0.39 is 5.41 Å². The molecular formula is C51H35N3O. The van der Waals surface area contributed by atoms with Gasteiger partial charge in [-0.3, -0.25) is 0 Å². The Kier molecular flexibility index (Phi) is 7.40. The lowest BCUT2D eigenvalue weighted by atomic mass is 9.65. The van der Waals surface area contributed by atoms with Gasteiger partial charge in [0.25, 0.3) is 0 Å². The Morgan fingerprint density at radius 1 is 0.473 bits per heavy atom. The van der Waals surface area contributed by atoms with E-state index in [1.807, 2.05) is 38.1 Å². The molecule has 0 N–H and O–H groups in total. The Balaban J connectivity index is 1.16. The Morgan fingerprint density at radius 2 is 0.964 bits per heavy atom. The minimum absolute atomic E-state index is 0.619. The summed E-state index contributed by atoms with van der Waals surface area (Å²) in [4.78, 5) is 9.40. The van der Waals surface area contributed by atoms with Crippen LogP contribution < -0.4 is 4.74 Å². The molecule has 4 heteroatoms. The van der Waals surface area contributed by atoms with E-state index in [1.165, 1.54) is 22.3 Å². The molecule has 7 aromatic carbocycles. The second kappa shape index (κ2) is 12.5. The third kappa shape index (κ3) is 5.05. The second-order valence-electron chi connectivity index (χ2n) is 14.5. The van der Waals surface area contributed by atoms with Gasteiger partial charge in [0.15, 0.2) is 0 Å². The summed E-state index contributed by atoms with van der Waals surface area (Å²) in [5.74, 6) is 2.50. The van der Waals surface area contributed by atoms with Crippen LogP contribution >= 0.6 is 0 Å². The predicted molar refractivity (Wildman–Crippen MR) is 220 cm³/mol. The topological polar surface area (TPSA) is 58.8 Å². The van der Waals surface area contributed by atoms with Crippen molar-refractivity contribution in [2.75, 3.05) is 0 Å². The number of fused-ring (bicyclic) bond motifs is 9. The summed E-state index contributed by atoms with van der Waals surface area (Å²) in [6, 6.07) is 58.4. The van der Waals surface area contributed by atoms with Crippen LogP contribution in [0, 0.1) is 32.1 Å². The molecule has 2 heterocycles. The van der Waals surface area contributed by atoms with Crippen molar-refractivity contribution in [3.05, 3.63) is 203 Å². The van der Waals surface area contributed by atoms with Crippen molar-refractivity contribution >= 4 is 0 Å². The first kappa shape index (κ1) is 32.6. The molecule has 0 saturated heterocycles. The van der Waals surface area contributed by atoms with Crippen molar-refractivity contribution in [1.82, 2.24) is 9.97 Å². The van der Waals surface area contributed by atoms with Gasteiger partial charge < -0.3 is 4.74 Å². The molecular weight excluding hydrogens is 671 g/mol. The van der Waals surface area contributed by atoms with Gasteiger partial charge in [0, 0.05) is 22.4 Å². The number of nitriles is 1. The Labute approximate surface area is 321 Å². The molecule has 260 valence electrons. The lowest BCUT2D eigenvalue weighted by Crippen LogP contribution is -2.32. The number of hydrogen-bond acceptors (Lipinski definition) is 4. The molecule has 1 aliphatic heterocycles. The molecule has 55 heavy (non-hydrogen) atoms. The van der Waals surface area contributed by atoms with Crippen molar-refractivity contribution < 1.29 is 4.74 Å². The number of para-hydroxylation sites is 2. The van der Waals surface area contributed by atoms with Gasteiger partial charge in [0.1, 0.15) is 17.3 Å². The summed E-state index contributed by atoms with van der Waals surface area (Å²) in [6.45, 7) is 6.10. The third-order valence-electron chi connectivity index (χ3n) is 11.5. The fourth-order valence-corrected chi connectivity index (χ4v) is 8.77. The van der Waals surface area contributed by atoms with Gasteiger partial charge in [0.05, 0.1) is 22.7 Å². The number of benzene rings is 7. The quantitative estimate of drug-likeness (QED) is 0.183. The highest BCUT2D eigenvalue weighted by Gasteiger charge is 2.51. The first-order valence-corrected chi connectivity index (χ1v) is 18.6. The zero-order valence-electron chi connectivity index (χ0n) is 30.8. The van der Waals surface area contributed by atoms with Gasteiger partial charge in [-0.15, -0.1) is 0 Å². The van der Waals surface area contributed by atoms with E-state index in [9.17, 15) is 5.26 Å². The minimum Gasteiger partial charge on any atom is -0.457 e. The molecule has 10 rings (SSSR count). The van der Waals surface area contributed by atoms with Gasteiger partial charge in [-0.05, 0) is 131 Å². The fourth-order valence-electron chi connectivity index (χ4n) is 8.77. The number of hydrogen-bond donors (Lipinski definition) is 0. The largest absolute Gasteiger partial charge is 0.457 e. The summed E-state index contributed by atoms with van der Waals surface area (Å²) < 4.78 is 6.64. The van der Waals surface area contributed by atoms with Crippen molar-refractivity contribution in [2.24, 2.45) is 0 Å². The maximum atomic E-state index is 9.47. The normalized spacial score (nSPS) is 12.9. The van der Waals surface area contributed by atoms with Crippen LogP contribution in [0.25, 0.3) is 55.8 Å². The molecule has 0 unspecified atom stereocenters. The fraction of sp³-hybridized carbons (Fsp3) is 0.0784. The van der Waals surface area contributed by atoms with E-state index in [0.717, 1.165) is 84.3 Å². The van der Waals surface area contributed by atoms with Crippen LogP contribution in [0.15, 0.2) is 158 Å². The minimum atomic E-state index is -0.619. The van der Waals surface area contributed by atoms with Crippen molar-refractivity contribution in [3.8, 4) is 73.3 Å². The second-order valence-corrected chi connectivity index (χ2v) is 14.5. The summed E-state index contributed by atoms with van der Waals surface area (Å²) in [5.41, 5.74) is 18.1. The van der Waals surface area contributed by atoms with E-state index in [4.69, 9.17) is 9.72 Å². The van der Waals surface area contributed by atoms with Crippen LogP contribution in [-0.2, 0) is 5.41 Å². The maximum Gasteiger partial charge on any atom is 0.132 e. The number of ether oxygens (including phenoxy) is 1. The molecule has 0 saturated carbocycles. The van der Waals surface area contributed by atoms with E-state index in [-0.39, 0.29) is 0 Å². The van der Waals surface area contributed by atoms with E-state index in [1.54, 1.807) is 0 Å². The molecule has 8 aromatic rings. The van der Waals surface area contributed by atoms with Crippen LogP contribution in [-0.4, -0.2) is 9.97 Å². The first-order chi connectivity index (χ1) is 26.9. The first-order valence-electron chi connectivity index (χ1n) is 18.6. The van der Waals surface area contributed by atoms with Gasteiger partial charge >= 0.3 is 0 Å². The third-order valence-corrected chi connectivity index (χ3v) is 11.5. The Hall–Kier alpha value is -7.09. The van der Waals surface area contributed by atoms with E-state index >= 15 is 0 Å². The Morgan fingerprint density at radius 3 is 1.55 bits per heavy atom. The lowest BCUT2D eigenvalue weighted by molar-refractivity contribution is 0.436. The summed E-state index contributed by atoms with van der Waals surface area (Å²) in [6.07, 6.45) is 0. The molecule has 1 spiro atoms. The average molecular weight is 706 g/mol. The standard InChI is InChI=1S/C51H35N3O/c1-31-32(2)53-33(3)54-50(31)41-13-9-12-38(27-41)36-10-8-11-37(26-36)40-23-25-43-42-24-22-39(35-20-18-34(30-52)19-21-35)28-46(42)51(47(43)29-40)44-14-4-6-16-48(44)55-49-17-7-5-15-45(49)51/h4-29H,1-3H3. The van der Waals surface area contributed by atoms with Crippen LogP contribution in [0.3, 0.4) is 0 Å². The van der Waals surface area contributed by atoms with Crippen LogP contribution in [0.1, 0.15) is 44.9 Å². The molecule has 0 radical (unpaired) electrons. The average Bonchev–Trinajstić information content (AvgIpc) is 3.51. The van der Waals surface area contributed by atoms with Gasteiger partial charge in [0.2, 0.25) is 0 Å². The molecule has 2 aliphatic rings. The summed E-state index contributed by atoms with van der Waals surface area (Å²) in [7, 11) is 0. The van der Waals surface area contributed by atoms with Crippen LogP contribution in [0.4, 0.5) is 0 Å². The van der Waals surface area contributed by atoms with E-state index in [0.29, 0.717) is 5.56 Å². The summed E-state index contributed by atoms with van der Waals surface area (Å²) in [5, 5.41) is 9.47. The number of nitrogens with zero attached hydrogens (tertiary/aromatic N) is 3. The molecule has 1 aliphatic carbocycles. The predicted octanol–water partition coefficient (Wildman–Crippen LogP) is 12.4. The molecule has 0 amide bonds. The molecule has 0 bridgehead atoms. The van der Waals surface area contributed by atoms with Crippen molar-refractivity contribution in [3.63, 3.8) is 0 Å². The lowest BCUT2D eigenvalue weighted by Gasteiger charge is -2.39. The molecule has 0 fully saturated rings. The Bertz CT molecular complexity index is 2850. The zero-order chi connectivity index (χ0) is 37.3. The summed E-state index contributed by atoms with van der Waals surface area (Å²) >= 11 is 0. The van der Waals surface area contributed by atoms with E-state index in [2.05, 4.69) is 151 Å². The monoisotopic (exact) mass is 705 g/mol. The van der Waals surface area contributed by atoms with Gasteiger partial charge in [-0.2, -0.15) is 5.26 Å². The molecule has 1 aromatic heterocycles. The van der Waals surface area contributed by atoms with Crippen LogP contribution in [0.5, 0.6) is 11.5 Å². The SMILES string of the molecule is Cc1nc(C)c(C)c(-c2cccc(-c3cccc(-c4ccc5c(c4)C4(c6ccccc6Oc6ccccc64)c4cc(-c6ccc(C#N)cc6)ccc4-5)c3)c2)n1. The van der Waals surface area contributed by atoms with Crippen molar-refractivity contribution in [1.29, 1.82) is 5.26 Å². The highest BCUT2D eigenvalue weighted by atomic mass is 16.5. The van der Waals surface area contributed by atoms with Crippen LogP contribution in [0.2, 0.25) is 0 Å². The highest BCUT2D eigenvalue weighted by Crippen LogP contribution is 2.62. The molecule has 4 nitrogen and oxygen atoms in total. The molecule has 0 atom stereocenters. The zero-order valence-corrected chi connectivity index (χ0v) is 30.8. The van der Waals surface area contributed by atoms with Gasteiger partial charge in [-0.1, -0.05) is 109 Å². The van der Waals surface area contributed by atoms with Crippen molar-refractivity contribution in [2.45, 2.75) is 26.2 Å². The number of rotatable bonds is 4. The smallest absolute Gasteiger partial charge is 0.132 e. The maximum absolute atomic E-state index is 9.47. The number of aromatic nitrogens is 2. The van der Waals surface area contributed by atoms with Gasteiger partial charge in [-0.25, -0.2) is 9.97 Å². The number of aryl methyl sites for hydroxylation is 2.